The van der Waals surface area contributed by atoms with Crippen LogP contribution in [-0.4, -0.2) is 122 Å². The molecule has 268 valence electrons. The number of ether oxygens (including phenoxy) is 2. The smallest absolute Gasteiger partial charge is 0.265 e. The molecule has 0 aromatic carbocycles. The summed E-state index contributed by atoms with van der Waals surface area (Å²) in [5.41, 5.74) is 0.590. The first-order valence-electron chi connectivity index (χ1n) is 17.7. The van der Waals surface area contributed by atoms with Crippen LogP contribution in [0.2, 0.25) is 0 Å². The van der Waals surface area contributed by atoms with Crippen molar-refractivity contribution in [1.82, 2.24) is 24.4 Å². The third-order valence-electron chi connectivity index (χ3n) is 11.6. The minimum Gasteiger partial charge on any atom is -0.384 e. The zero-order valence-corrected chi connectivity index (χ0v) is 30.5. The predicted molar refractivity (Wildman–Crippen MR) is 182 cm³/mol. The monoisotopic (exact) mass is 707 g/mol. The normalized spacial score (nSPS) is 28.5. The highest BCUT2D eigenvalue weighted by Gasteiger charge is 2.64. The second-order valence-electron chi connectivity index (χ2n) is 15.7. The maximum atomic E-state index is 14.4. The number of thiazole rings is 1. The van der Waals surface area contributed by atoms with Crippen molar-refractivity contribution in [3.05, 3.63) is 16.6 Å². The molecule has 0 radical (unpaired) electrons. The Bertz CT molecular complexity index is 1420. The van der Waals surface area contributed by atoms with Crippen molar-refractivity contribution >= 4 is 39.1 Å². The van der Waals surface area contributed by atoms with Crippen LogP contribution in [-0.2, 0) is 29.1 Å². The number of nitrogens with one attached hydrogen (secondary N) is 1. The number of likely N-dealkylation sites (tertiary alicyclic amines) is 2. The molecule has 5 aliphatic rings. The molecule has 12 nitrogen and oxygen atoms in total. The second kappa shape index (κ2) is 14.2. The van der Waals surface area contributed by atoms with Crippen molar-refractivity contribution in [1.29, 1.82) is 0 Å². The topological polar surface area (TPSA) is 138 Å². The van der Waals surface area contributed by atoms with Crippen molar-refractivity contribution < 1.29 is 32.3 Å². The van der Waals surface area contributed by atoms with Crippen LogP contribution in [0.15, 0.2) is 11.7 Å². The van der Waals surface area contributed by atoms with Crippen LogP contribution in [0.4, 0.5) is 0 Å². The first kappa shape index (κ1) is 35.7. The molecule has 1 spiro atoms. The largest absolute Gasteiger partial charge is 0.384 e. The van der Waals surface area contributed by atoms with Gasteiger partial charge in [0.2, 0.25) is 21.8 Å². The van der Waals surface area contributed by atoms with E-state index in [1.165, 1.54) is 41.1 Å². The molecule has 14 heteroatoms. The molecule has 4 heterocycles. The Morgan fingerprint density at radius 3 is 2.38 bits per heavy atom. The summed E-state index contributed by atoms with van der Waals surface area (Å²) in [6, 6.07) is -0.905. The lowest BCUT2D eigenvalue weighted by Gasteiger charge is -2.49. The van der Waals surface area contributed by atoms with Gasteiger partial charge in [-0.15, -0.1) is 11.3 Å². The zero-order valence-electron chi connectivity index (χ0n) is 28.9. The summed E-state index contributed by atoms with van der Waals surface area (Å²) in [5.74, 6) is -0.736. The van der Waals surface area contributed by atoms with Crippen molar-refractivity contribution in [2.24, 2.45) is 28.6 Å². The number of rotatable bonds is 12. The van der Waals surface area contributed by atoms with Crippen molar-refractivity contribution in [2.75, 3.05) is 59.6 Å². The van der Waals surface area contributed by atoms with Crippen molar-refractivity contribution in [3.63, 3.8) is 0 Å². The Kier molecular flexibility index (Phi) is 10.6. The number of sulfonamides is 1. The van der Waals surface area contributed by atoms with E-state index in [-0.39, 0.29) is 55.2 Å². The summed E-state index contributed by atoms with van der Waals surface area (Å²) in [5, 5.41) is 2.68. The predicted octanol–water partition coefficient (Wildman–Crippen LogP) is 3.00. The van der Waals surface area contributed by atoms with Crippen LogP contribution < -0.4 is 5.32 Å². The van der Waals surface area contributed by atoms with E-state index in [9.17, 15) is 22.8 Å². The molecule has 2 aliphatic carbocycles. The Hall–Kier alpha value is -2.13. The minimum absolute atomic E-state index is 0.142. The van der Waals surface area contributed by atoms with Gasteiger partial charge in [0, 0.05) is 58.4 Å². The molecule has 1 aromatic rings. The molecule has 1 aromatic heterocycles. The average Bonchev–Trinajstić information content (AvgIpc) is 3.41. The number of carbonyl (C=O) groups excluding carboxylic acids is 3. The van der Waals surface area contributed by atoms with E-state index in [0.717, 1.165) is 25.7 Å². The Balaban J connectivity index is 1.21. The lowest BCUT2D eigenvalue weighted by Crippen LogP contribution is -2.66. The highest BCUT2D eigenvalue weighted by Crippen LogP contribution is 2.54. The first-order valence-corrected chi connectivity index (χ1v) is 20.1. The van der Waals surface area contributed by atoms with Crippen LogP contribution in [0.3, 0.4) is 0 Å². The summed E-state index contributed by atoms with van der Waals surface area (Å²) in [4.78, 5) is 50.1. The fourth-order valence-corrected chi connectivity index (χ4v) is 11.7. The van der Waals surface area contributed by atoms with E-state index < -0.39 is 38.8 Å². The number of carbonyl (C=O) groups is 3. The van der Waals surface area contributed by atoms with Crippen LogP contribution in [0.5, 0.6) is 0 Å². The third-order valence-corrected chi connectivity index (χ3v) is 14.9. The Morgan fingerprint density at radius 1 is 1.02 bits per heavy atom. The standard InChI is InChI=1S/C34H53N5O7S2/c1-23(46-18-24-9-6-5-7-10-24)29(32(42)37-12-8-11-25(15-37)17-45-4)36-30(40)26-16-38(31(41)27-14-35-22-47-27)19-34(26)20-39(21-34)48(43,44)28-13-33(28,2)3/h14,22-26,28-29H,5-13,15-21H2,1-4H3,(H,36,40)/t23-,25+,26+,28?,29+/m1/s1. The first-order chi connectivity index (χ1) is 22.8. The highest BCUT2D eigenvalue weighted by molar-refractivity contribution is 7.90. The molecule has 0 bridgehead atoms. The van der Waals surface area contributed by atoms with Gasteiger partial charge in [0.05, 0.1) is 35.6 Å². The van der Waals surface area contributed by atoms with Crippen LogP contribution >= 0.6 is 11.3 Å². The summed E-state index contributed by atoms with van der Waals surface area (Å²) in [6.45, 7) is 8.80. The van der Waals surface area contributed by atoms with Crippen LogP contribution in [0.25, 0.3) is 0 Å². The fraction of sp³-hybridized carbons (Fsp3) is 0.824. The number of hydrogen-bond acceptors (Lipinski definition) is 9. The molecule has 2 saturated carbocycles. The summed E-state index contributed by atoms with van der Waals surface area (Å²) in [7, 11) is -1.85. The van der Waals surface area contributed by atoms with Crippen LogP contribution in [0.1, 0.15) is 81.8 Å². The number of amides is 3. The van der Waals surface area contributed by atoms with Gasteiger partial charge in [-0.3, -0.25) is 19.4 Å². The molecule has 5 fully saturated rings. The van der Waals surface area contributed by atoms with E-state index in [4.69, 9.17) is 9.47 Å². The number of piperidine rings is 1. The van der Waals surface area contributed by atoms with Gasteiger partial charge in [0.15, 0.2) is 0 Å². The maximum Gasteiger partial charge on any atom is 0.265 e. The van der Waals surface area contributed by atoms with E-state index in [1.54, 1.807) is 17.5 Å². The highest BCUT2D eigenvalue weighted by atomic mass is 32.2. The maximum absolute atomic E-state index is 14.4. The Morgan fingerprint density at radius 2 is 1.73 bits per heavy atom. The van der Waals surface area contributed by atoms with Gasteiger partial charge in [0.25, 0.3) is 5.91 Å². The molecule has 6 rings (SSSR count). The third kappa shape index (κ3) is 7.33. The SMILES string of the molecule is COC[C@H]1CCCN(C(=O)[C@@H](NC(=O)[C@@H]2CN(C(=O)c3cncs3)CC23CN(S(=O)(=O)C2CC2(C)C)C3)[C@@H](C)OCC2CCCCC2)C1. The van der Waals surface area contributed by atoms with Gasteiger partial charge in [-0.25, -0.2) is 12.7 Å². The average molecular weight is 708 g/mol. The number of hydrogen-bond donors (Lipinski definition) is 1. The molecule has 5 atom stereocenters. The fourth-order valence-electron chi connectivity index (χ4n) is 8.43. The molecule has 3 aliphatic heterocycles. The lowest BCUT2D eigenvalue weighted by atomic mass is 9.72. The lowest BCUT2D eigenvalue weighted by molar-refractivity contribution is -0.145. The van der Waals surface area contributed by atoms with Crippen molar-refractivity contribution in [2.45, 2.75) is 89.5 Å². The number of methoxy groups -OCH3 is 1. The summed E-state index contributed by atoms with van der Waals surface area (Å²) < 4.78 is 40.2. The Labute approximate surface area is 289 Å². The molecule has 1 N–H and O–H groups in total. The van der Waals surface area contributed by atoms with Crippen molar-refractivity contribution in [3.8, 4) is 0 Å². The minimum atomic E-state index is -3.52. The molecule has 1 unspecified atom stereocenters. The number of nitrogens with zero attached hydrogens (tertiary/aromatic N) is 4. The summed E-state index contributed by atoms with van der Waals surface area (Å²) in [6.07, 6.45) is 9.23. The molecule has 48 heavy (non-hydrogen) atoms. The summed E-state index contributed by atoms with van der Waals surface area (Å²) >= 11 is 1.24. The van der Waals surface area contributed by atoms with Gasteiger partial charge in [-0.05, 0) is 56.3 Å². The quantitative estimate of drug-likeness (QED) is 0.350. The second-order valence-corrected chi connectivity index (χ2v) is 18.7. The molecular weight excluding hydrogens is 655 g/mol. The van der Waals surface area contributed by atoms with Gasteiger partial charge < -0.3 is 24.6 Å². The van der Waals surface area contributed by atoms with Gasteiger partial charge >= 0.3 is 0 Å². The van der Waals surface area contributed by atoms with E-state index >= 15 is 0 Å². The van der Waals surface area contributed by atoms with E-state index in [0.29, 0.717) is 43.5 Å². The van der Waals surface area contributed by atoms with Gasteiger partial charge in [-0.1, -0.05) is 33.1 Å². The number of aromatic nitrogens is 1. The van der Waals surface area contributed by atoms with Gasteiger partial charge in [0.1, 0.15) is 10.9 Å². The molecule has 3 saturated heterocycles. The van der Waals surface area contributed by atoms with E-state index in [1.807, 2.05) is 25.7 Å². The molecule has 3 amide bonds. The molecular formula is C34H53N5O7S2. The van der Waals surface area contributed by atoms with Gasteiger partial charge in [-0.2, -0.15) is 0 Å². The van der Waals surface area contributed by atoms with Crippen LogP contribution in [0, 0.1) is 28.6 Å². The zero-order chi connectivity index (χ0) is 34.3. The van der Waals surface area contributed by atoms with E-state index in [2.05, 4.69) is 10.3 Å².